The number of fused-ring (bicyclic) bond motifs is 4. The quantitative estimate of drug-likeness (QED) is 0.197. The fourth-order valence-corrected chi connectivity index (χ4v) is 7.24. The van der Waals surface area contributed by atoms with Gasteiger partial charge in [0.05, 0.1) is 25.6 Å². The summed E-state index contributed by atoms with van der Waals surface area (Å²) in [6, 6.07) is 30.0. The summed E-state index contributed by atoms with van der Waals surface area (Å²) in [5.41, 5.74) is 10.5. The van der Waals surface area contributed by atoms with Crippen LogP contribution >= 0.6 is 0 Å². The number of aromatic nitrogens is 2. The number of aryl methyl sites for hydroxylation is 1. The van der Waals surface area contributed by atoms with Gasteiger partial charge in [-0.05, 0) is 94.5 Å². The van der Waals surface area contributed by atoms with Crippen LogP contribution in [-0.2, 0) is 12.8 Å². The molecule has 0 spiro atoms. The topological polar surface area (TPSA) is 36.3 Å². The highest BCUT2D eigenvalue weighted by Crippen LogP contribution is 2.50. The van der Waals surface area contributed by atoms with E-state index in [1.165, 1.54) is 49.9 Å². The molecule has 1 heterocycles. The molecule has 4 aromatic carbocycles. The summed E-state index contributed by atoms with van der Waals surface area (Å²) in [5, 5.41) is 7.81. The maximum atomic E-state index is 5.94. The van der Waals surface area contributed by atoms with Crippen molar-refractivity contribution >= 4 is 16.3 Å². The molecule has 0 amide bonds. The highest BCUT2D eigenvalue weighted by Gasteiger charge is 2.35. The van der Waals surface area contributed by atoms with Gasteiger partial charge in [-0.2, -0.15) is 5.10 Å². The van der Waals surface area contributed by atoms with Crippen LogP contribution in [0.25, 0.3) is 22.0 Å². The van der Waals surface area contributed by atoms with E-state index in [4.69, 9.17) is 14.6 Å². The van der Waals surface area contributed by atoms with E-state index in [1.807, 2.05) is 12.1 Å². The predicted molar refractivity (Wildman–Crippen MR) is 175 cm³/mol. The second-order valence-corrected chi connectivity index (χ2v) is 12.0. The van der Waals surface area contributed by atoms with Gasteiger partial charge in [-0.25, -0.2) is 4.68 Å². The summed E-state index contributed by atoms with van der Waals surface area (Å²) < 4.78 is 13.7. The van der Waals surface area contributed by atoms with Gasteiger partial charge in [-0.1, -0.05) is 86.2 Å². The summed E-state index contributed by atoms with van der Waals surface area (Å²) in [5.74, 6) is 2.46. The third-order valence-electron chi connectivity index (χ3n) is 9.30. The third-order valence-corrected chi connectivity index (χ3v) is 9.30. The van der Waals surface area contributed by atoms with Crippen LogP contribution in [0, 0.1) is 5.92 Å². The molecule has 2 aliphatic rings. The van der Waals surface area contributed by atoms with Gasteiger partial charge in [0.2, 0.25) is 0 Å². The molecule has 216 valence electrons. The zero-order valence-electron chi connectivity index (χ0n) is 25.4. The van der Waals surface area contributed by atoms with Crippen LogP contribution in [-0.4, -0.2) is 24.0 Å². The summed E-state index contributed by atoms with van der Waals surface area (Å²) in [4.78, 5) is 0. The van der Waals surface area contributed by atoms with Crippen LogP contribution < -0.4 is 9.47 Å². The fraction of sp³-hybridized carbons (Fsp3) is 0.256. The van der Waals surface area contributed by atoms with E-state index in [9.17, 15) is 0 Å². The average molecular weight is 567 g/mol. The standard InChI is InChI=1S/C39H38N2O2/c1-25(2)39-27(24-41(40-39)28-11-6-5-7-12-28)22-36-34-19-17-31-30-13-9-8-10-26(30)14-16-32(31)33(34)18-20-35(36)37-23-29(42-3)15-21-38(37)43-4/h5-16,18,20-21,23-25,35-36H,17,19,22H2,1-4H3. The Hall–Kier alpha value is -4.57. The zero-order valence-corrected chi connectivity index (χ0v) is 25.4. The van der Waals surface area contributed by atoms with E-state index in [0.29, 0.717) is 5.92 Å². The lowest BCUT2D eigenvalue weighted by Gasteiger charge is -2.36. The van der Waals surface area contributed by atoms with Gasteiger partial charge in [0, 0.05) is 17.7 Å². The van der Waals surface area contributed by atoms with Crippen LogP contribution in [0.15, 0.2) is 109 Å². The number of rotatable bonds is 7. The van der Waals surface area contributed by atoms with E-state index in [2.05, 4.69) is 110 Å². The van der Waals surface area contributed by atoms with Crippen molar-refractivity contribution in [1.29, 1.82) is 0 Å². The maximum absolute atomic E-state index is 5.94. The largest absolute Gasteiger partial charge is 0.497 e. The summed E-state index contributed by atoms with van der Waals surface area (Å²) in [6.45, 7) is 4.49. The van der Waals surface area contributed by atoms with E-state index >= 15 is 0 Å². The number of allylic oxidation sites excluding steroid dienone is 4. The van der Waals surface area contributed by atoms with Crippen LogP contribution in [0.5, 0.6) is 11.5 Å². The minimum Gasteiger partial charge on any atom is -0.497 e. The van der Waals surface area contributed by atoms with Gasteiger partial charge < -0.3 is 9.47 Å². The molecule has 2 atom stereocenters. The van der Waals surface area contributed by atoms with Crippen molar-refractivity contribution in [3.8, 4) is 17.2 Å². The molecule has 2 unspecified atom stereocenters. The molecule has 43 heavy (non-hydrogen) atoms. The minimum atomic E-state index is 0.144. The minimum absolute atomic E-state index is 0.144. The molecule has 5 aromatic rings. The lowest BCUT2D eigenvalue weighted by molar-refractivity contribution is 0.391. The van der Waals surface area contributed by atoms with Crippen molar-refractivity contribution < 1.29 is 9.47 Å². The van der Waals surface area contributed by atoms with Gasteiger partial charge in [0.1, 0.15) is 11.5 Å². The van der Waals surface area contributed by atoms with E-state index < -0.39 is 0 Å². The van der Waals surface area contributed by atoms with Gasteiger partial charge >= 0.3 is 0 Å². The van der Waals surface area contributed by atoms with Crippen molar-refractivity contribution in [3.63, 3.8) is 0 Å². The Kier molecular flexibility index (Phi) is 7.14. The molecule has 0 fully saturated rings. The van der Waals surface area contributed by atoms with Crippen molar-refractivity contribution in [2.45, 2.75) is 44.9 Å². The molecule has 4 heteroatoms. The molecule has 2 aliphatic carbocycles. The molecular weight excluding hydrogens is 528 g/mol. The number of hydrogen-bond donors (Lipinski definition) is 0. The van der Waals surface area contributed by atoms with Crippen molar-refractivity contribution in [1.82, 2.24) is 9.78 Å². The maximum Gasteiger partial charge on any atom is 0.122 e. The molecule has 0 aliphatic heterocycles. The summed E-state index contributed by atoms with van der Waals surface area (Å²) in [7, 11) is 3.50. The van der Waals surface area contributed by atoms with Crippen LogP contribution in [0.3, 0.4) is 0 Å². The normalized spacial score (nSPS) is 17.7. The van der Waals surface area contributed by atoms with Crippen LogP contribution in [0.1, 0.15) is 60.1 Å². The number of benzene rings is 4. The Bertz CT molecular complexity index is 1860. The number of nitrogens with zero attached hydrogens (tertiary/aromatic N) is 2. The summed E-state index contributed by atoms with van der Waals surface area (Å²) in [6.07, 6.45) is 10.0. The molecule has 0 saturated heterocycles. The van der Waals surface area contributed by atoms with Gasteiger partial charge in [0.25, 0.3) is 0 Å². The highest BCUT2D eigenvalue weighted by molar-refractivity contribution is 5.94. The first-order valence-corrected chi connectivity index (χ1v) is 15.3. The van der Waals surface area contributed by atoms with Crippen LogP contribution in [0.2, 0.25) is 0 Å². The van der Waals surface area contributed by atoms with E-state index in [0.717, 1.165) is 36.4 Å². The fourth-order valence-electron chi connectivity index (χ4n) is 7.24. The number of ether oxygens (including phenoxy) is 2. The average Bonchev–Trinajstić information content (AvgIpc) is 3.49. The first-order valence-electron chi connectivity index (χ1n) is 15.3. The molecule has 0 saturated carbocycles. The zero-order chi connectivity index (χ0) is 29.5. The van der Waals surface area contributed by atoms with Crippen molar-refractivity contribution in [2.75, 3.05) is 14.2 Å². The SMILES string of the molecule is COc1ccc(OC)c(C2C=CC3=C(CCc4c3ccc3ccccc43)C2Cc2cn(-c3ccccc3)nc2C(C)C)c1. The number of para-hydroxylation sites is 1. The van der Waals surface area contributed by atoms with Crippen LogP contribution in [0.4, 0.5) is 0 Å². The number of methoxy groups -OCH3 is 2. The van der Waals surface area contributed by atoms with E-state index in [1.54, 1.807) is 14.2 Å². The third kappa shape index (κ3) is 4.85. The predicted octanol–water partition coefficient (Wildman–Crippen LogP) is 9.08. The molecule has 7 rings (SSSR count). The molecule has 0 N–H and O–H groups in total. The Morgan fingerprint density at radius 2 is 1.70 bits per heavy atom. The molecule has 0 radical (unpaired) electrons. The molecular formula is C39H38N2O2. The van der Waals surface area contributed by atoms with Gasteiger partial charge in [-0.3, -0.25) is 0 Å². The lowest BCUT2D eigenvalue weighted by atomic mass is 9.67. The van der Waals surface area contributed by atoms with Gasteiger partial charge in [-0.15, -0.1) is 0 Å². The van der Waals surface area contributed by atoms with E-state index in [-0.39, 0.29) is 11.8 Å². The first-order chi connectivity index (χ1) is 21.1. The van der Waals surface area contributed by atoms with Gasteiger partial charge in [0.15, 0.2) is 0 Å². The van der Waals surface area contributed by atoms with Crippen molar-refractivity contribution in [2.24, 2.45) is 5.92 Å². The smallest absolute Gasteiger partial charge is 0.122 e. The second-order valence-electron chi connectivity index (χ2n) is 12.0. The molecule has 0 bridgehead atoms. The van der Waals surface area contributed by atoms with Crippen molar-refractivity contribution in [3.05, 3.63) is 137 Å². The Morgan fingerprint density at radius 1 is 0.884 bits per heavy atom. The highest BCUT2D eigenvalue weighted by atomic mass is 16.5. The molecule has 1 aromatic heterocycles. The molecule has 4 nitrogen and oxygen atoms in total. The summed E-state index contributed by atoms with van der Waals surface area (Å²) >= 11 is 0. The Balaban J connectivity index is 1.39. The second kappa shape index (κ2) is 11.3. The number of hydrogen-bond acceptors (Lipinski definition) is 3. The monoisotopic (exact) mass is 566 g/mol. The Labute approximate surface area is 254 Å². The first kappa shape index (κ1) is 27.3. The lowest BCUT2D eigenvalue weighted by Crippen LogP contribution is -2.24. The Morgan fingerprint density at radius 3 is 2.49 bits per heavy atom.